The summed E-state index contributed by atoms with van der Waals surface area (Å²) in [6.07, 6.45) is -5.02. The SMILES string of the molecule is O=C(Cc1ccccc1)Nc1cc(C(=O)O)cc(C(F)(F)F)c1Oc1ccccc1. The fourth-order valence-corrected chi connectivity index (χ4v) is 2.75. The number of rotatable bonds is 6. The van der Waals surface area contributed by atoms with Gasteiger partial charge < -0.3 is 15.2 Å². The van der Waals surface area contributed by atoms with Crippen LogP contribution in [0, 0.1) is 0 Å². The molecule has 30 heavy (non-hydrogen) atoms. The normalized spacial score (nSPS) is 11.0. The summed E-state index contributed by atoms with van der Waals surface area (Å²) in [5, 5.41) is 11.6. The Morgan fingerprint density at radius 2 is 1.53 bits per heavy atom. The Bertz CT molecular complexity index is 1050. The number of carbonyl (C=O) groups is 2. The van der Waals surface area contributed by atoms with Crippen LogP contribution in [0.1, 0.15) is 21.5 Å². The zero-order valence-electron chi connectivity index (χ0n) is 15.4. The summed E-state index contributed by atoms with van der Waals surface area (Å²) >= 11 is 0. The maximum absolute atomic E-state index is 13.7. The third-order valence-corrected chi connectivity index (χ3v) is 4.09. The molecule has 0 aliphatic carbocycles. The van der Waals surface area contributed by atoms with Crippen LogP contribution in [0.25, 0.3) is 0 Å². The summed E-state index contributed by atoms with van der Waals surface area (Å²) in [6.45, 7) is 0. The van der Waals surface area contributed by atoms with Gasteiger partial charge in [0.2, 0.25) is 5.91 Å². The van der Waals surface area contributed by atoms with Crippen molar-refractivity contribution in [2.24, 2.45) is 0 Å². The van der Waals surface area contributed by atoms with Crippen molar-refractivity contribution in [3.63, 3.8) is 0 Å². The summed E-state index contributed by atoms with van der Waals surface area (Å²) in [5.74, 6) is -2.76. The summed E-state index contributed by atoms with van der Waals surface area (Å²) in [7, 11) is 0. The van der Waals surface area contributed by atoms with Crippen molar-refractivity contribution in [1.29, 1.82) is 0 Å². The average Bonchev–Trinajstić information content (AvgIpc) is 2.69. The van der Waals surface area contributed by atoms with Gasteiger partial charge >= 0.3 is 12.1 Å². The topological polar surface area (TPSA) is 75.6 Å². The molecule has 8 heteroatoms. The molecule has 0 heterocycles. The molecule has 0 atom stereocenters. The fraction of sp³-hybridized carbons (Fsp3) is 0.0909. The molecule has 1 amide bonds. The highest BCUT2D eigenvalue weighted by Crippen LogP contribution is 2.43. The van der Waals surface area contributed by atoms with Crippen LogP contribution in [0.3, 0.4) is 0 Å². The van der Waals surface area contributed by atoms with Gasteiger partial charge in [0.05, 0.1) is 17.7 Å². The quantitative estimate of drug-likeness (QED) is 0.567. The molecule has 3 rings (SSSR count). The number of para-hydroxylation sites is 1. The Morgan fingerprint density at radius 3 is 2.10 bits per heavy atom. The number of nitrogens with one attached hydrogen (secondary N) is 1. The second-order valence-electron chi connectivity index (χ2n) is 6.33. The van der Waals surface area contributed by atoms with Crippen LogP contribution in [0.4, 0.5) is 18.9 Å². The van der Waals surface area contributed by atoms with Gasteiger partial charge in [0, 0.05) is 0 Å². The lowest BCUT2D eigenvalue weighted by Gasteiger charge is -2.19. The molecular weight excluding hydrogens is 399 g/mol. The number of amides is 1. The van der Waals surface area contributed by atoms with E-state index < -0.39 is 34.9 Å². The van der Waals surface area contributed by atoms with E-state index in [1.165, 1.54) is 12.1 Å². The van der Waals surface area contributed by atoms with Gasteiger partial charge in [-0.05, 0) is 29.8 Å². The van der Waals surface area contributed by atoms with Gasteiger partial charge in [0.25, 0.3) is 0 Å². The van der Waals surface area contributed by atoms with Crippen LogP contribution < -0.4 is 10.1 Å². The second-order valence-corrected chi connectivity index (χ2v) is 6.33. The first-order valence-corrected chi connectivity index (χ1v) is 8.79. The summed E-state index contributed by atoms with van der Waals surface area (Å²) in [5.41, 5.74) is -1.67. The van der Waals surface area contributed by atoms with E-state index in [1.807, 2.05) is 0 Å². The zero-order chi connectivity index (χ0) is 21.7. The predicted octanol–water partition coefficient (Wildman–Crippen LogP) is 5.38. The standard InChI is InChI=1S/C22H16F3NO4/c23-22(24,25)17-12-15(21(28)29)13-18(20(17)30-16-9-5-2-6-10-16)26-19(27)11-14-7-3-1-4-8-14/h1-10,12-13H,11H2,(H,26,27)(H,28,29). The molecule has 0 saturated heterocycles. The fourth-order valence-electron chi connectivity index (χ4n) is 2.75. The van der Waals surface area contributed by atoms with Crippen LogP contribution in [0.15, 0.2) is 72.8 Å². The highest BCUT2D eigenvalue weighted by Gasteiger charge is 2.37. The number of hydrogen-bond donors (Lipinski definition) is 2. The summed E-state index contributed by atoms with van der Waals surface area (Å²) in [6, 6.07) is 17.7. The smallest absolute Gasteiger partial charge is 0.420 e. The van der Waals surface area contributed by atoms with Crippen LogP contribution in [0.5, 0.6) is 11.5 Å². The summed E-state index contributed by atoms with van der Waals surface area (Å²) in [4.78, 5) is 23.8. The minimum atomic E-state index is -4.91. The van der Waals surface area contributed by atoms with Crippen molar-refractivity contribution in [3.05, 3.63) is 89.5 Å². The number of anilines is 1. The van der Waals surface area contributed by atoms with Gasteiger partial charge in [-0.2, -0.15) is 13.2 Å². The van der Waals surface area contributed by atoms with Crippen molar-refractivity contribution in [2.75, 3.05) is 5.32 Å². The monoisotopic (exact) mass is 415 g/mol. The first-order valence-electron chi connectivity index (χ1n) is 8.79. The maximum atomic E-state index is 13.7. The van der Waals surface area contributed by atoms with E-state index in [0.29, 0.717) is 11.6 Å². The van der Waals surface area contributed by atoms with Crippen LogP contribution in [-0.4, -0.2) is 17.0 Å². The minimum Gasteiger partial charge on any atom is -0.478 e. The largest absolute Gasteiger partial charge is 0.478 e. The highest BCUT2D eigenvalue weighted by molar-refractivity contribution is 5.97. The Labute approximate surface area is 169 Å². The van der Waals surface area contributed by atoms with E-state index >= 15 is 0 Å². The lowest BCUT2D eigenvalue weighted by Crippen LogP contribution is -2.18. The van der Waals surface area contributed by atoms with E-state index in [1.54, 1.807) is 48.5 Å². The van der Waals surface area contributed by atoms with Gasteiger partial charge in [-0.1, -0.05) is 48.5 Å². The molecule has 154 valence electrons. The molecule has 0 bridgehead atoms. The van der Waals surface area contributed by atoms with Crippen LogP contribution in [0.2, 0.25) is 0 Å². The zero-order valence-corrected chi connectivity index (χ0v) is 15.4. The van der Waals surface area contributed by atoms with Gasteiger partial charge in [0.15, 0.2) is 5.75 Å². The predicted molar refractivity (Wildman–Crippen MR) is 104 cm³/mol. The van der Waals surface area contributed by atoms with Crippen molar-refractivity contribution in [2.45, 2.75) is 12.6 Å². The number of aromatic carboxylic acids is 1. The molecule has 0 aliphatic rings. The van der Waals surface area contributed by atoms with E-state index in [0.717, 1.165) is 6.07 Å². The first-order chi connectivity index (χ1) is 14.2. The van der Waals surface area contributed by atoms with Crippen molar-refractivity contribution in [3.8, 4) is 11.5 Å². The van der Waals surface area contributed by atoms with Crippen LogP contribution >= 0.6 is 0 Å². The first kappa shape index (κ1) is 20.9. The lowest BCUT2D eigenvalue weighted by atomic mass is 10.1. The Balaban J connectivity index is 2.04. The molecular formula is C22H16F3NO4. The van der Waals surface area contributed by atoms with E-state index in [9.17, 15) is 27.9 Å². The number of benzene rings is 3. The lowest BCUT2D eigenvalue weighted by molar-refractivity contribution is -0.138. The van der Waals surface area contributed by atoms with Crippen molar-refractivity contribution in [1.82, 2.24) is 0 Å². The molecule has 0 aliphatic heterocycles. The molecule has 0 aromatic heterocycles. The number of carbonyl (C=O) groups excluding carboxylic acids is 1. The van der Waals surface area contributed by atoms with E-state index in [4.69, 9.17) is 4.74 Å². The van der Waals surface area contributed by atoms with Crippen LogP contribution in [-0.2, 0) is 17.4 Å². The van der Waals surface area contributed by atoms with Crippen molar-refractivity contribution >= 4 is 17.6 Å². The highest BCUT2D eigenvalue weighted by atomic mass is 19.4. The number of carboxylic acid groups (broad SMARTS) is 1. The molecule has 5 nitrogen and oxygen atoms in total. The molecule has 0 fully saturated rings. The van der Waals surface area contributed by atoms with Gasteiger partial charge in [-0.3, -0.25) is 4.79 Å². The number of alkyl halides is 3. The van der Waals surface area contributed by atoms with Crippen molar-refractivity contribution < 1.29 is 32.6 Å². The number of hydrogen-bond acceptors (Lipinski definition) is 3. The summed E-state index contributed by atoms with van der Waals surface area (Å²) < 4.78 is 46.4. The minimum absolute atomic E-state index is 0.102. The molecule has 0 unspecified atom stereocenters. The molecule has 2 N–H and O–H groups in total. The molecule has 0 saturated carbocycles. The third kappa shape index (κ3) is 5.16. The van der Waals surface area contributed by atoms with Gasteiger partial charge in [-0.15, -0.1) is 0 Å². The number of ether oxygens (including phenoxy) is 1. The average molecular weight is 415 g/mol. The molecule has 3 aromatic carbocycles. The van der Waals surface area contributed by atoms with E-state index in [2.05, 4.69) is 5.32 Å². The molecule has 0 spiro atoms. The Hall–Kier alpha value is -3.81. The Kier molecular flexibility index (Phi) is 6.06. The number of halogens is 3. The maximum Gasteiger partial charge on any atom is 0.420 e. The van der Waals surface area contributed by atoms with Gasteiger partial charge in [0.1, 0.15) is 11.3 Å². The van der Waals surface area contributed by atoms with E-state index in [-0.39, 0.29) is 17.9 Å². The Morgan fingerprint density at radius 1 is 0.933 bits per heavy atom. The third-order valence-electron chi connectivity index (χ3n) is 4.09. The van der Waals surface area contributed by atoms with Gasteiger partial charge in [-0.25, -0.2) is 4.79 Å². The number of carboxylic acids is 1. The second kappa shape index (κ2) is 8.69. The molecule has 3 aromatic rings. The molecule has 0 radical (unpaired) electrons.